The minimum Gasteiger partial charge on any atom is -0.448 e. The fourth-order valence-electron chi connectivity index (χ4n) is 2.70. The number of anilines is 1. The van der Waals surface area contributed by atoms with Crippen LogP contribution in [0.5, 0.6) is 0 Å². The van der Waals surface area contributed by atoms with Crippen LogP contribution in [0.3, 0.4) is 0 Å². The van der Waals surface area contributed by atoms with Gasteiger partial charge in [0, 0.05) is 5.39 Å². The van der Waals surface area contributed by atoms with Crippen molar-refractivity contribution in [3.05, 3.63) is 70.4 Å². The summed E-state index contributed by atoms with van der Waals surface area (Å²) in [6.07, 6.45) is -1.25. The van der Waals surface area contributed by atoms with Crippen molar-refractivity contribution in [1.29, 1.82) is 0 Å². The second-order valence-electron chi connectivity index (χ2n) is 6.16. The zero-order valence-electron chi connectivity index (χ0n) is 15.5. The fraction of sp³-hybridized carbons (Fsp3) is 0.200. The summed E-state index contributed by atoms with van der Waals surface area (Å²) in [5.74, 6) is -2.27. The van der Waals surface area contributed by atoms with E-state index < -0.39 is 29.4 Å². The molecule has 0 radical (unpaired) electrons. The Labute approximate surface area is 164 Å². The SMILES string of the molecule is C[C@@H](OC(=O)c1nn(CCO)c(=O)c2ccccc12)C(=O)Nc1ccccc1F. The number of para-hydroxylation sites is 1. The molecular formula is C20H18FN3O5. The Bertz CT molecular complexity index is 1130. The van der Waals surface area contributed by atoms with Crippen LogP contribution >= 0.6 is 0 Å². The molecule has 29 heavy (non-hydrogen) atoms. The molecule has 0 aliphatic rings. The number of nitrogens with zero attached hydrogens (tertiary/aromatic N) is 2. The van der Waals surface area contributed by atoms with E-state index in [0.717, 1.165) is 4.68 Å². The van der Waals surface area contributed by atoms with Gasteiger partial charge >= 0.3 is 5.97 Å². The van der Waals surface area contributed by atoms with Gasteiger partial charge in [-0.25, -0.2) is 13.9 Å². The van der Waals surface area contributed by atoms with Gasteiger partial charge in [-0.3, -0.25) is 9.59 Å². The Balaban J connectivity index is 1.85. The second kappa shape index (κ2) is 8.61. The first-order valence-electron chi connectivity index (χ1n) is 8.79. The molecular weight excluding hydrogens is 381 g/mol. The van der Waals surface area contributed by atoms with Crippen molar-refractivity contribution in [2.75, 3.05) is 11.9 Å². The number of aliphatic hydroxyl groups is 1. The van der Waals surface area contributed by atoms with Crippen molar-refractivity contribution < 1.29 is 23.8 Å². The topological polar surface area (TPSA) is 111 Å². The van der Waals surface area contributed by atoms with Gasteiger partial charge in [0.25, 0.3) is 11.5 Å². The number of hydrogen-bond acceptors (Lipinski definition) is 6. The number of fused-ring (bicyclic) bond motifs is 1. The molecule has 1 heterocycles. The minimum atomic E-state index is -1.25. The van der Waals surface area contributed by atoms with Crippen LogP contribution in [0.25, 0.3) is 10.8 Å². The van der Waals surface area contributed by atoms with Crippen LogP contribution < -0.4 is 10.9 Å². The third-order valence-electron chi connectivity index (χ3n) is 4.16. The summed E-state index contributed by atoms with van der Waals surface area (Å²) in [6.45, 7) is 0.883. The zero-order chi connectivity index (χ0) is 21.0. The Kier molecular flexibility index (Phi) is 5.99. The lowest BCUT2D eigenvalue weighted by Gasteiger charge is -2.15. The predicted octanol–water partition coefficient (Wildman–Crippen LogP) is 1.71. The lowest BCUT2D eigenvalue weighted by atomic mass is 10.1. The molecule has 8 nitrogen and oxygen atoms in total. The fourth-order valence-corrected chi connectivity index (χ4v) is 2.70. The highest BCUT2D eigenvalue weighted by atomic mass is 19.1. The number of amides is 1. The van der Waals surface area contributed by atoms with Crippen molar-refractivity contribution >= 4 is 28.3 Å². The lowest BCUT2D eigenvalue weighted by Crippen LogP contribution is -2.32. The molecule has 2 aromatic carbocycles. The van der Waals surface area contributed by atoms with E-state index in [1.54, 1.807) is 18.2 Å². The number of esters is 1. The lowest BCUT2D eigenvalue weighted by molar-refractivity contribution is -0.123. The van der Waals surface area contributed by atoms with Crippen molar-refractivity contribution in [3.8, 4) is 0 Å². The van der Waals surface area contributed by atoms with E-state index in [4.69, 9.17) is 9.84 Å². The Hall–Kier alpha value is -3.59. The number of carbonyl (C=O) groups is 2. The number of benzene rings is 2. The highest BCUT2D eigenvalue weighted by Crippen LogP contribution is 2.16. The highest BCUT2D eigenvalue weighted by Gasteiger charge is 2.23. The summed E-state index contributed by atoms with van der Waals surface area (Å²) < 4.78 is 19.8. The van der Waals surface area contributed by atoms with Crippen LogP contribution in [-0.4, -0.2) is 39.5 Å². The average molecular weight is 399 g/mol. The van der Waals surface area contributed by atoms with E-state index in [1.807, 2.05) is 0 Å². The van der Waals surface area contributed by atoms with Gasteiger partial charge in [-0.1, -0.05) is 30.3 Å². The second-order valence-corrected chi connectivity index (χ2v) is 6.16. The zero-order valence-corrected chi connectivity index (χ0v) is 15.5. The van der Waals surface area contributed by atoms with Crippen LogP contribution in [0.1, 0.15) is 17.4 Å². The first kappa shape index (κ1) is 20.2. The van der Waals surface area contributed by atoms with E-state index in [9.17, 15) is 18.8 Å². The number of aliphatic hydroxyl groups excluding tert-OH is 1. The van der Waals surface area contributed by atoms with Crippen molar-refractivity contribution in [2.45, 2.75) is 19.6 Å². The average Bonchev–Trinajstić information content (AvgIpc) is 2.71. The van der Waals surface area contributed by atoms with Crippen LogP contribution in [0.2, 0.25) is 0 Å². The molecule has 3 rings (SSSR count). The summed E-state index contributed by atoms with van der Waals surface area (Å²) in [4.78, 5) is 37.3. The van der Waals surface area contributed by atoms with Gasteiger partial charge in [-0.15, -0.1) is 0 Å². The molecule has 2 N–H and O–H groups in total. The van der Waals surface area contributed by atoms with Crippen LogP contribution in [0.15, 0.2) is 53.3 Å². The van der Waals surface area contributed by atoms with E-state index in [2.05, 4.69) is 10.4 Å². The number of rotatable bonds is 6. The molecule has 0 aliphatic heterocycles. The smallest absolute Gasteiger partial charge is 0.360 e. The Morgan fingerprint density at radius 1 is 1.17 bits per heavy atom. The van der Waals surface area contributed by atoms with Gasteiger partial charge in [-0.2, -0.15) is 5.10 Å². The van der Waals surface area contributed by atoms with Gasteiger partial charge in [0.2, 0.25) is 0 Å². The van der Waals surface area contributed by atoms with Gasteiger partial charge in [0.05, 0.1) is 24.2 Å². The van der Waals surface area contributed by atoms with Crippen LogP contribution in [0.4, 0.5) is 10.1 Å². The van der Waals surface area contributed by atoms with Crippen molar-refractivity contribution in [1.82, 2.24) is 9.78 Å². The third kappa shape index (κ3) is 4.30. The number of carbonyl (C=O) groups excluding carboxylic acids is 2. The van der Waals surface area contributed by atoms with Crippen LogP contribution in [0, 0.1) is 5.82 Å². The maximum absolute atomic E-state index is 13.7. The van der Waals surface area contributed by atoms with E-state index in [1.165, 1.54) is 37.3 Å². The number of hydrogen-bond donors (Lipinski definition) is 2. The summed E-state index contributed by atoms with van der Waals surface area (Å²) in [5.41, 5.74) is -0.670. The number of halogens is 1. The van der Waals surface area contributed by atoms with Gasteiger partial charge in [-0.05, 0) is 25.1 Å². The minimum absolute atomic E-state index is 0.0412. The first-order chi connectivity index (χ1) is 13.9. The standard InChI is InChI=1S/C20H18FN3O5/c1-12(18(26)22-16-9-5-4-8-15(16)21)29-20(28)17-13-6-2-3-7-14(13)19(27)24(23-17)10-11-25/h2-9,12,25H,10-11H2,1H3,(H,22,26)/t12-/m1/s1. The number of aromatic nitrogens is 2. The predicted molar refractivity (Wildman–Crippen MR) is 103 cm³/mol. The van der Waals surface area contributed by atoms with Gasteiger partial charge < -0.3 is 15.2 Å². The molecule has 150 valence electrons. The van der Waals surface area contributed by atoms with Gasteiger partial charge in [0.15, 0.2) is 11.8 Å². The maximum atomic E-state index is 13.7. The Morgan fingerprint density at radius 3 is 2.52 bits per heavy atom. The van der Waals surface area contributed by atoms with E-state index in [-0.39, 0.29) is 35.3 Å². The third-order valence-corrected chi connectivity index (χ3v) is 4.16. The largest absolute Gasteiger partial charge is 0.448 e. The van der Waals surface area contributed by atoms with Crippen molar-refractivity contribution in [2.24, 2.45) is 0 Å². The number of nitrogens with one attached hydrogen (secondary N) is 1. The molecule has 0 unspecified atom stereocenters. The molecule has 1 aromatic heterocycles. The summed E-state index contributed by atoms with van der Waals surface area (Å²) in [5, 5.41) is 15.9. The molecule has 0 saturated carbocycles. The van der Waals surface area contributed by atoms with E-state index >= 15 is 0 Å². The molecule has 0 saturated heterocycles. The summed E-state index contributed by atoms with van der Waals surface area (Å²) in [6, 6.07) is 11.9. The molecule has 3 aromatic rings. The summed E-state index contributed by atoms with van der Waals surface area (Å²) >= 11 is 0. The quantitative estimate of drug-likeness (QED) is 0.611. The summed E-state index contributed by atoms with van der Waals surface area (Å²) in [7, 11) is 0. The van der Waals surface area contributed by atoms with Crippen molar-refractivity contribution in [3.63, 3.8) is 0 Å². The monoisotopic (exact) mass is 399 g/mol. The van der Waals surface area contributed by atoms with Crippen LogP contribution in [-0.2, 0) is 16.1 Å². The highest BCUT2D eigenvalue weighted by molar-refractivity contribution is 6.03. The maximum Gasteiger partial charge on any atom is 0.360 e. The van der Waals surface area contributed by atoms with E-state index in [0.29, 0.717) is 0 Å². The first-order valence-corrected chi connectivity index (χ1v) is 8.79. The molecule has 0 spiro atoms. The molecule has 9 heteroatoms. The number of ether oxygens (including phenoxy) is 1. The molecule has 1 amide bonds. The normalized spacial score (nSPS) is 11.8. The molecule has 0 fully saturated rings. The molecule has 1 atom stereocenters. The van der Waals surface area contributed by atoms with Gasteiger partial charge in [0.1, 0.15) is 5.82 Å². The molecule has 0 bridgehead atoms. The Morgan fingerprint density at radius 2 is 1.83 bits per heavy atom. The molecule has 0 aliphatic carbocycles.